The number of aryl methyl sites for hydroxylation is 1. The maximum atomic E-state index is 12.1. The number of methoxy groups -OCH3 is 1. The summed E-state index contributed by atoms with van der Waals surface area (Å²) in [7, 11) is 1.29. The molecule has 0 saturated carbocycles. The van der Waals surface area contributed by atoms with Crippen molar-refractivity contribution in [2.75, 3.05) is 19.0 Å². The van der Waals surface area contributed by atoms with Gasteiger partial charge < -0.3 is 14.8 Å². The Kier molecular flexibility index (Phi) is 6.64. The Bertz CT molecular complexity index is 817. The van der Waals surface area contributed by atoms with Crippen LogP contribution in [0.5, 0.6) is 5.75 Å². The van der Waals surface area contributed by atoms with Crippen LogP contribution in [0.2, 0.25) is 5.02 Å². The molecule has 6 heteroatoms. The minimum absolute atomic E-state index is 0.167. The van der Waals surface area contributed by atoms with Crippen molar-refractivity contribution in [3.63, 3.8) is 0 Å². The largest absolute Gasteiger partial charge is 0.484 e. The lowest BCUT2D eigenvalue weighted by Crippen LogP contribution is -2.20. The lowest BCUT2D eigenvalue weighted by molar-refractivity contribution is -0.118. The first-order chi connectivity index (χ1) is 12.3. The lowest BCUT2D eigenvalue weighted by atomic mass is 9.98. The Morgan fingerprint density at radius 2 is 1.88 bits per heavy atom. The summed E-state index contributed by atoms with van der Waals surface area (Å²) in [6, 6.07) is 10.3. The molecule has 0 radical (unpaired) electrons. The summed E-state index contributed by atoms with van der Waals surface area (Å²) in [5, 5.41) is 2.96. The van der Waals surface area contributed by atoms with Gasteiger partial charge in [0.05, 0.1) is 23.4 Å². The van der Waals surface area contributed by atoms with E-state index in [4.69, 9.17) is 16.3 Å². The first-order valence-corrected chi connectivity index (χ1v) is 8.60. The second-order valence-corrected chi connectivity index (χ2v) is 6.60. The molecular weight excluding hydrogens is 354 g/mol. The molecule has 0 aromatic heterocycles. The number of nitrogens with one attached hydrogen (secondary N) is 1. The zero-order valence-electron chi connectivity index (χ0n) is 15.3. The van der Waals surface area contributed by atoms with Crippen LogP contribution in [0.25, 0.3) is 0 Å². The molecule has 0 aliphatic carbocycles. The molecule has 0 atom stereocenters. The highest BCUT2D eigenvalue weighted by atomic mass is 35.5. The van der Waals surface area contributed by atoms with Crippen LogP contribution in [0.4, 0.5) is 5.69 Å². The predicted molar refractivity (Wildman–Crippen MR) is 102 cm³/mol. The number of hydrogen-bond acceptors (Lipinski definition) is 4. The molecule has 0 spiro atoms. The molecule has 0 bridgehead atoms. The summed E-state index contributed by atoms with van der Waals surface area (Å²) in [5.74, 6) is 0.168. The van der Waals surface area contributed by atoms with E-state index in [0.717, 1.165) is 5.56 Å². The van der Waals surface area contributed by atoms with Crippen molar-refractivity contribution < 1.29 is 19.1 Å². The Balaban J connectivity index is 2.01. The quantitative estimate of drug-likeness (QED) is 0.751. The molecule has 0 fully saturated rings. The predicted octanol–water partition coefficient (Wildman–Crippen LogP) is 4.58. The van der Waals surface area contributed by atoms with E-state index in [1.54, 1.807) is 0 Å². The highest BCUT2D eigenvalue weighted by Gasteiger charge is 2.12. The van der Waals surface area contributed by atoms with Gasteiger partial charge in [0.1, 0.15) is 5.75 Å². The topological polar surface area (TPSA) is 64.6 Å². The summed E-state index contributed by atoms with van der Waals surface area (Å²) in [6.45, 7) is 6.10. The van der Waals surface area contributed by atoms with Gasteiger partial charge in [-0.15, -0.1) is 0 Å². The number of carbonyl (C=O) groups excluding carboxylic acids is 2. The Hall–Kier alpha value is -2.53. The van der Waals surface area contributed by atoms with Crippen LogP contribution in [0.3, 0.4) is 0 Å². The van der Waals surface area contributed by atoms with Crippen LogP contribution >= 0.6 is 11.6 Å². The first kappa shape index (κ1) is 19.8. The number of rotatable bonds is 6. The van der Waals surface area contributed by atoms with Crippen LogP contribution in [-0.2, 0) is 9.53 Å². The molecule has 2 rings (SSSR count). The molecule has 0 unspecified atom stereocenters. The van der Waals surface area contributed by atoms with Gasteiger partial charge in [0.15, 0.2) is 6.61 Å². The molecule has 1 N–H and O–H groups in total. The summed E-state index contributed by atoms with van der Waals surface area (Å²) < 4.78 is 10.2. The van der Waals surface area contributed by atoms with E-state index < -0.39 is 5.97 Å². The number of esters is 1. The number of amides is 1. The van der Waals surface area contributed by atoms with E-state index in [1.165, 1.54) is 30.9 Å². The number of ether oxygens (including phenoxy) is 2. The third kappa shape index (κ3) is 4.99. The number of anilines is 1. The minimum Gasteiger partial charge on any atom is -0.484 e. The summed E-state index contributed by atoms with van der Waals surface area (Å²) in [4.78, 5) is 23.7. The molecule has 138 valence electrons. The normalized spacial score (nSPS) is 10.5. The molecule has 5 nitrogen and oxygen atoms in total. The number of carbonyl (C=O) groups is 2. The van der Waals surface area contributed by atoms with E-state index >= 15 is 0 Å². The second-order valence-electron chi connectivity index (χ2n) is 6.20. The first-order valence-electron chi connectivity index (χ1n) is 8.23. The highest BCUT2D eigenvalue weighted by Crippen LogP contribution is 2.25. The molecule has 2 aromatic carbocycles. The van der Waals surface area contributed by atoms with E-state index in [-0.39, 0.29) is 12.5 Å². The molecule has 0 aliphatic rings. The average Bonchev–Trinajstić information content (AvgIpc) is 2.61. The fourth-order valence-electron chi connectivity index (χ4n) is 2.59. The smallest absolute Gasteiger partial charge is 0.337 e. The molecule has 0 saturated heterocycles. The van der Waals surface area contributed by atoms with Crippen molar-refractivity contribution in [2.45, 2.75) is 26.7 Å². The average molecular weight is 376 g/mol. The van der Waals surface area contributed by atoms with Gasteiger partial charge in [-0.1, -0.05) is 31.5 Å². The fraction of sp³-hybridized carbons (Fsp3) is 0.300. The van der Waals surface area contributed by atoms with Crippen molar-refractivity contribution in [3.8, 4) is 5.75 Å². The van der Waals surface area contributed by atoms with Gasteiger partial charge in [-0.25, -0.2) is 4.79 Å². The van der Waals surface area contributed by atoms with Gasteiger partial charge in [0.2, 0.25) is 0 Å². The fourth-order valence-corrected chi connectivity index (χ4v) is 2.75. The van der Waals surface area contributed by atoms with Crippen molar-refractivity contribution in [2.24, 2.45) is 0 Å². The van der Waals surface area contributed by atoms with E-state index in [9.17, 15) is 9.59 Å². The monoisotopic (exact) mass is 375 g/mol. The van der Waals surface area contributed by atoms with E-state index in [1.807, 2.05) is 25.1 Å². The third-order valence-electron chi connectivity index (χ3n) is 3.89. The highest BCUT2D eigenvalue weighted by molar-refractivity contribution is 6.33. The van der Waals surface area contributed by atoms with Crippen LogP contribution in [0.15, 0.2) is 36.4 Å². The van der Waals surface area contributed by atoms with Gasteiger partial charge in [0, 0.05) is 0 Å². The van der Waals surface area contributed by atoms with Gasteiger partial charge in [-0.3, -0.25) is 4.79 Å². The summed E-state index contributed by atoms with van der Waals surface area (Å²) in [5.41, 5.74) is 2.99. The Morgan fingerprint density at radius 3 is 2.50 bits per heavy atom. The van der Waals surface area contributed by atoms with E-state index in [0.29, 0.717) is 27.9 Å². The summed E-state index contributed by atoms with van der Waals surface area (Å²) in [6.07, 6.45) is 0. The lowest BCUT2D eigenvalue weighted by Gasteiger charge is -2.13. The van der Waals surface area contributed by atoms with Crippen LogP contribution in [0.1, 0.15) is 41.3 Å². The zero-order chi connectivity index (χ0) is 19.3. The summed E-state index contributed by atoms with van der Waals surface area (Å²) >= 11 is 6.07. The second kappa shape index (κ2) is 8.72. The van der Waals surface area contributed by atoms with Crippen molar-refractivity contribution in [1.29, 1.82) is 0 Å². The Morgan fingerprint density at radius 1 is 1.15 bits per heavy atom. The third-order valence-corrected chi connectivity index (χ3v) is 4.22. The Labute approximate surface area is 158 Å². The molecule has 2 aromatic rings. The maximum Gasteiger partial charge on any atom is 0.337 e. The molecule has 0 heterocycles. The molecule has 1 amide bonds. The van der Waals surface area contributed by atoms with Crippen LogP contribution in [0, 0.1) is 6.92 Å². The van der Waals surface area contributed by atoms with Gasteiger partial charge in [0.25, 0.3) is 5.91 Å². The van der Waals surface area contributed by atoms with E-state index in [2.05, 4.69) is 23.9 Å². The molecular formula is C20H22ClNO4. The van der Waals surface area contributed by atoms with Crippen molar-refractivity contribution in [3.05, 3.63) is 58.1 Å². The standard InChI is InChI=1S/C20H22ClNO4/c1-12(2)16-7-6-15(9-13(16)3)26-11-19(23)22-18-10-14(20(24)25-4)5-8-17(18)21/h5-10,12H,11H2,1-4H3,(H,22,23). The minimum atomic E-state index is -0.505. The SMILES string of the molecule is COC(=O)c1ccc(Cl)c(NC(=O)COc2ccc(C(C)C)c(C)c2)c1. The van der Waals surface area contributed by atoms with Gasteiger partial charge in [-0.05, 0) is 54.3 Å². The van der Waals surface area contributed by atoms with Crippen LogP contribution < -0.4 is 10.1 Å². The number of hydrogen-bond donors (Lipinski definition) is 1. The molecule has 0 aliphatic heterocycles. The molecule has 26 heavy (non-hydrogen) atoms. The maximum absolute atomic E-state index is 12.1. The zero-order valence-corrected chi connectivity index (χ0v) is 16.0. The number of benzene rings is 2. The van der Waals surface area contributed by atoms with Crippen molar-refractivity contribution in [1.82, 2.24) is 0 Å². The van der Waals surface area contributed by atoms with Crippen LogP contribution in [-0.4, -0.2) is 25.6 Å². The van der Waals surface area contributed by atoms with Crippen molar-refractivity contribution >= 4 is 29.2 Å². The van der Waals surface area contributed by atoms with Gasteiger partial charge in [-0.2, -0.15) is 0 Å². The number of halogens is 1. The van der Waals surface area contributed by atoms with Gasteiger partial charge >= 0.3 is 5.97 Å².